The molecule has 0 N–H and O–H groups in total. The van der Waals surface area contributed by atoms with Gasteiger partial charge in [0.2, 0.25) is 5.06 Å². The fourth-order valence-electron chi connectivity index (χ4n) is 1.91. The van der Waals surface area contributed by atoms with E-state index >= 15 is 0 Å². The predicted molar refractivity (Wildman–Crippen MR) is 71.7 cm³/mol. The van der Waals surface area contributed by atoms with Crippen molar-refractivity contribution in [2.24, 2.45) is 0 Å². The summed E-state index contributed by atoms with van der Waals surface area (Å²) >= 11 is 1.14. The molecule has 0 bridgehead atoms. The Bertz CT molecular complexity index is 613. The molecule has 96 valence electrons. The summed E-state index contributed by atoms with van der Waals surface area (Å²) in [5.74, 6) is 0. The van der Waals surface area contributed by atoms with Crippen LogP contribution in [0.5, 0.6) is 5.06 Å². The Balaban J connectivity index is 1.68. The average Bonchev–Trinajstić information content (AvgIpc) is 3.04. The molecule has 1 aliphatic heterocycles. The minimum atomic E-state index is -0.365. The van der Waals surface area contributed by atoms with Crippen molar-refractivity contribution in [1.29, 1.82) is 0 Å². The van der Waals surface area contributed by atoms with Crippen molar-refractivity contribution in [3.05, 3.63) is 47.9 Å². The first-order valence-corrected chi connectivity index (χ1v) is 6.51. The lowest BCUT2D eigenvalue weighted by atomic mass is 10.2. The van der Waals surface area contributed by atoms with Gasteiger partial charge < -0.3 is 4.74 Å². The van der Waals surface area contributed by atoms with E-state index in [2.05, 4.69) is 15.9 Å². The van der Waals surface area contributed by atoms with E-state index in [4.69, 9.17) is 4.74 Å². The first kappa shape index (κ1) is 11.9. The van der Waals surface area contributed by atoms with Crippen molar-refractivity contribution in [2.45, 2.75) is 13.1 Å². The molecule has 2 aromatic heterocycles. The summed E-state index contributed by atoms with van der Waals surface area (Å²) in [5.41, 5.74) is 2.89. The molecule has 0 radical (unpaired) electrons. The number of hydrogen-bond donors (Lipinski definition) is 0. The SMILES string of the molecule is C=Cc1cc(OC(=O)N2Cc3ccncc3C2)sn1. The van der Waals surface area contributed by atoms with Gasteiger partial charge in [-0.25, -0.2) is 4.79 Å². The highest BCUT2D eigenvalue weighted by atomic mass is 32.1. The molecule has 0 atom stereocenters. The van der Waals surface area contributed by atoms with Crippen LogP contribution in [0.15, 0.2) is 31.1 Å². The van der Waals surface area contributed by atoms with Gasteiger partial charge in [0.05, 0.1) is 12.2 Å². The quantitative estimate of drug-likeness (QED) is 0.844. The molecule has 19 heavy (non-hydrogen) atoms. The van der Waals surface area contributed by atoms with Crippen LogP contribution in [0.1, 0.15) is 16.8 Å². The molecule has 0 spiro atoms. The number of ether oxygens (including phenoxy) is 1. The molecule has 0 saturated carbocycles. The number of carbonyl (C=O) groups excluding carboxylic acids is 1. The lowest BCUT2D eigenvalue weighted by Gasteiger charge is -2.13. The summed E-state index contributed by atoms with van der Waals surface area (Å²) in [7, 11) is 0. The summed E-state index contributed by atoms with van der Waals surface area (Å²) in [6.45, 7) is 4.71. The third-order valence-corrected chi connectivity index (χ3v) is 3.57. The molecule has 1 aliphatic rings. The van der Waals surface area contributed by atoms with E-state index in [-0.39, 0.29) is 6.09 Å². The van der Waals surface area contributed by atoms with Gasteiger partial charge in [-0.2, -0.15) is 4.37 Å². The highest BCUT2D eigenvalue weighted by molar-refractivity contribution is 7.07. The minimum absolute atomic E-state index is 0.365. The van der Waals surface area contributed by atoms with E-state index in [1.165, 1.54) is 0 Å². The molecule has 0 fully saturated rings. The molecule has 6 heteroatoms. The van der Waals surface area contributed by atoms with Gasteiger partial charge in [-0.05, 0) is 23.3 Å². The largest absolute Gasteiger partial charge is 0.416 e. The Morgan fingerprint density at radius 2 is 2.32 bits per heavy atom. The van der Waals surface area contributed by atoms with Crippen molar-refractivity contribution in [1.82, 2.24) is 14.3 Å². The third kappa shape index (κ3) is 2.34. The number of amides is 1. The van der Waals surface area contributed by atoms with Gasteiger partial charge in [0.15, 0.2) is 0 Å². The Kier molecular flexibility index (Phi) is 3.00. The van der Waals surface area contributed by atoms with Crippen LogP contribution in [-0.4, -0.2) is 20.4 Å². The van der Waals surface area contributed by atoms with Crippen LogP contribution in [-0.2, 0) is 13.1 Å². The zero-order chi connectivity index (χ0) is 13.2. The maximum absolute atomic E-state index is 12.0. The van der Waals surface area contributed by atoms with Crippen molar-refractivity contribution in [2.75, 3.05) is 0 Å². The molecule has 1 amide bonds. The lowest BCUT2D eigenvalue weighted by Crippen LogP contribution is -2.28. The topological polar surface area (TPSA) is 55.3 Å². The number of carbonyl (C=O) groups is 1. The highest BCUT2D eigenvalue weighted by Gasteiger charge is 2.25. The molecule has 3 heterocycles. The summed E-state index contributed by atoms with van der Waals surface area (Å²) in [6, 6.07) is 3.62. The van der Waals surface area contributed by atoms with Crippen LogP contribution >= 0.6 is 11.5 Å². The number of pyridine rings is 1. The standard InChI is InChI=1S/C13H11N3O2S/c1-2-11-5-12(19-15-11)18-13(17)16-7-9-3-4-14-6-10(9)8-16/h2-6H,1,7-8H2. The van der Waals surface area contributed by atoms with Gasteiger partial charge in [-0.15, -0.1) is 0 Å². The molecule has 0 aliphatic carbocycles. The molecule has 0 unspecified atom stereocenters. The Morgan fingerprint density at radius 1 is 1.47 bits per heavy atom. The second kappa shape index (κ2) is 4.81. The highest BCUT2D eigenvalue weighted by Crippen LogP contribution is 2.25. The zero-order valence-corrected chi connectivity index (χ0v) is 10.9. The van der Waals surface area contributed by atoms with Crippen LogP contribution < -0.4 is 4.74 Å². The van der Waals surface area contributed by atoms with Crippen molar-refractivity contribution >= 4 is 23.7 Å². The first-order valence-electron chi connectivity index (χ1n) is 5.74. The van der Waals surface area contributed by atoms with E-state index in [0.29, 0.717) is 23.8 Å². The average molecular weight is 273 g/mol. The summed E-state index contributed by atoms with van der Waals surface area (Å²) in [6.07, 6.45) is 4.76. The van der Waals surface area contributed by atoms with E-state index < -0.39 is 0 Å². The molecular formula is C13H11N3O2S. The van der Waals surface area contributed by atoms with E-state index in [1.807, 2.05) is 6.07 Å². The monoisotopic (exact) mass is 273 g/mol. The van der Waals surface area contributed by atoms with Crippen molar-refractivity contribution in [3.8, 4) is 5.06 Å². The first-order chi connectivity index (χ1) is 9.26. The maximum atomic E-state index is 12.0. The van der Waals surface area contributed by atoms with Gasteiger partial charge in [-0.3, -0.25) is 9.88 Å². The Hall–Kier alpha value is -2.21. The second-order valence-electron chi connectivity index (χ2n) is 4.14. The van der Waals surface area contributed by atoms with Crippen LogP contribution in [0.2, 0.25) is 0 Å². The van der Waals surface area contributed by atoms with Crippen LogP contribution in [0.3, 0.4) is 0 Å². The molecule has 5 nitrogen and oxygen atoms in total. The fraction of sp³-hybridized carbons (Fsp3) is 0.154. The van der Waals surface area contributed by atoms with Crippen LogP contribution in [0, 0.1) is 0 Å². The van der Waals surface area contributed by atoms with Crippen LogP contribution in [0.25, 0.3) is 6.08 Å². The summed E-state index contributed by atoms with van der Waals surface area (Å²) in [4.78, 5) is 17.7. The molecule has 0 saturated heterocycles. The fourth-order valence-corrected chi connectivity index (χ4v) is 2.52. The van der Waals surface area contributed by atoms with Crippen LogP contribution in [0.4, 0.5) is 4.79 Å². The number of aromatic nitrogens is 2. The summed E-state index contributed by atoms with van der Waals surface area (Å²) < 4.78 is 9.36. The number of rotatable bonds is 2. The number of fused-ring (bicyclic) bond motifs is 1. The Labute approximate surface area is 114 Å². The normalized spacial score (nSPS) is 13.2. The Morgan fingerprint density at radius 3 is 3.05 bits per heavy atom. The van der Waals surface area contributed by atoms with Gasteiger partial charge in [0.1, 0.15) is 0 Å². The predicted octanol–water partition coefficient (Wildman–Crippen LogP) is 2.70. The van der Waals surface area contributed by atoms with Crippen molar-refractivity contribution in [3.63, 3.8) is 0 Å². The van der Waals surface area contributed by atoms with Gasteiger partial charge in [-0.1, -0.05) is 6.58 Å². The number of nitrogens with zero attached hydrogens (tertiary/aromatic N) is 3. The molecule has 3 rings (SSSR count). The zero-order valence-electron chi connectivity index (χ0n) is 10.1. The second-order valence-corrected chi connectivity index (χ2v) is 4.91. The van der Waals surface area contributed by atoms with Crippen molar-refractivity contribution < 1.29 is 9.53 Å². The van der Waals surface area contributed by atoms with Gasteiger partial charge in [0, 0.05) is 36.5 Å². The van der Waals surface area contributed by atoms with Gasteiger partial charge >= 0.3 is 6.09 Å². The lowest BCUT2D eigenvalue weighted by molar-refractivity contribution is 0.153. The third-order valence-electron chi connectivity index (χ3n) is 2.89. The number of hydrogen-bond acceptors (Lipinski definition) is 5. The smallest absolute Gasteiger partial charge is 0.397 e. The minimum Gasteiger partial charge on any atom is -0.397 e. The summed E-state index contributed by atoms with van der Waals surface area (Å²) in [5, 5.41) is 0.481. The molecule has 2 aromatic rings. The molecular weight excluding hydrogens is 262 g/mol. The van der Waals surface area contributed by atoms with Gasteiger partial charge in [0.25, 0.3) is 0 Å². The van der Waals surface area contributed by atoms with E-state index in [0.717, 1.165) is 22.7 Å². The van der Waals surface area contributed by atoms with E-state index in [9.17, 15) is 4.79 Å². The maximum Gasteiger partial charge on any atom is 0.416 e. The molecule has 0 aromatic carbocycles. The van der Waals surface area contributed by atoms with E-state index in [1.54, 1.807) is 29.4 Å².